The van der Waals surface area contributed by atoms with Gasteiger partial charge in [0, 0.05) is 11.9 Å². The molecule has 0 spiro atoms. The lowest BCUT2D eigenvalue weighted by Crippen LogP contribution is -2.29. The molecule has 3 N–H and O–H groups in total. The molecule has 0 aliphatic heterocycles. The summed E-state index contributed by atoms with van der Waals surface area (Å²) < 4.78 is 5.09. The molecule has 0 saturated carbocycles. The number of hydrogen-bond donors (Lipinski definition) is 2. The second-order valence-corrected chi connectivity index (χ2v) is 4.61. The molecule has 1 aliphatic rings. The Kier molecular flexibility index (Phi) is 3.77. The Morgan fingerprint density at radius 3 is 2.69 bits per heavy atom. The molecule has 0 aromatic heterocycles. The van der Waals surface area contributed by atoms with E-state index in [0.29, 0.717) is 0 Å². The molecule has 1 rings (SSSR count). The summed E-state index contributed by atoms with van der Waals surface area (Å²) in [7, 11) is 0. The van der Waals surface area contributed by atoms with Crippen LogP contribution in [0.2, 0.25) is 0 Å². The van der Waals surface area contributed by atoms with Crippen molar-refractivity contribution in [3.63, 3.8) is 0 Å². The third kappa shape index (κ3) is 4.68. The van der Waals surface area contributed by atoms with E-state index >= 15 is 0 Å². The molecule has 1 amide bonds. The molecule has 0 atom stereocenters. The monoisotopic (exact) mass is 222 g/mol. The number of carbonyl (C=O) groups is 1. The quantitative estimate of drug-likeness (QED) is 0.714. The first-order valence-electron chi connectivity index (χ1n) is 5.19. The number of amides is 1. The average Bonchev–Trinajstić information content (AvgIpc) is 2.14. The van der Waals surface area contributed by atoms with Crippen molar-refractivity contribution in [1.29, 1.82) is 0 Å². The highest BCUT2D eigenvalue weighted by atomic mass is 16.6. The molecule has 16 heavy (non-hydrogen) atoms. The van der Waals surface area contributed by atoms with E-state index in [1.54, 1.807) is 12.3 Å². The van der Waals surface area contributed by atoms with E-state index in [1.165, 1.54) is 0 Å². The van der Waals surface area contributed by atoms with Crippen molar-refractivity contribution in [3.8, 4) is 0 Å². The summed E-state index contributed by atoms with van der Waals surface area (Å²) in [5.41, 5.74) is 6.83. The molecule has 0 aromatic rings. The predicted octanol–water partition coefficient (Wildman–Crippen LogP) is 2.20. The van der Waals surface area contributed by atoms with Crippen LogP contribution in [-0.2, 0) is 4.74 Å². The topological polar surface area (TPSA) is 64.3 Å². The minimum absolute atomic E-state index is 0.448. The van der Waals surface area contributed by atoms with Crippen LogP contribution in [0.1, 0.15) is 27.2 Å². The SMILES string of the molecule is CC(C)(C)OC(=O)NC=C1C=CC(N)=CC1. The molecule has 1 aliphatic carbocycles. The molecular weight excluding hydrogens is 204 g/mol. The van der Waals surface area contributed by atoms with Crippen LogP contribution in [0.25, 0.3) is 0 Å². The first-order valence-corrected chi connectivity index (χ1v) is 5.19. The standard InChI is InChI=1S/C12H18N2O2/c1-12(2,3)16-11(15)14-8-9-4-6-10(13)7-5-9/h4,6-8H,5,13H2,1-3H3,(H,14,15). The fourth-order valence-electron chi connectivity index (χ4n) is 1.14. The van der Waals surface area contributed by atoms with Gasteiger partial charge in [-0.3, -0.25) is 5.32 Å². The first-order chi connectivity index (χ1) is 7.37. The normalized spacial score (nSPS) is 18.2. The highest BCUT2D eigenvalue weighted by Crippen LogP contribution is 2.12. The zero-order valence-corrected chi connectivity index (χ0v) is 9.91. The van der Waals surface area contributed by atoms with Crippen LogP contribution in [0.5, 0.6) is 0 Å². The van der Waals surface area contributed by atoms with Crippen LogP contribution in [0.3, 0.4) is 0 Å². The van der Waals surface area contributed by atoms with E-state index in [-0.39, 0.29) is 0 Å². The second-order valence-electron chi connectivity index (χ2n) is 4.61. The fourth-order valence-corrected chi connectivity index (χ4v) is 1.14. The van der Waals surface area contributed by atoms with E-state index in [4.69, 9.17) is 10.5 Å². The summed E-state index contributed by atoms with van der Waals surface area (Å²) in [4.78, 5) is 11.3. The number of nitrogens with one attached hydrogen (secondary N) is 1. The highest BCUT2D eigenvalue weighted by Gasteiger charge is 2.15. The lowest BCUT2D eigenvalue weighted by molar-refractivity contribution is 0.0552. The van der Waals surface area contributed by atoms with Crippen LogP contribution in [0, 0.1) is 0 Å². The predicted molar refractivity (Wildman–Crippen MR) is 63.5 cm³/mol. The first kappa shape index (κ1) is 12.4. The van der Waals surface area contributed by atoms with E-state index < -0.39 is 11.7 Å². The number of carbonyl (C=O) groups excluding carboxylic acids is 1. The van der Waals surface area contributed by atoms with Crippen molar-refractivity contribution in [2.45, 2.75) is 32.8 Å². The Balaban J connectivity index is 2.43. The summed E-state index contributed by atoms with van der Waals surface area (Å²) in [5, 5.41) is 2.58. The minimum Gasteiger partial charge on any atom is -0.444 e. The third-order valence-corrected chi connectivity index (χ3v) is 1.84. The third-order valence-electron chi connectivity index (χ3n) is 1.84. The number of rotatable bonds is 1. The van der Waals surface area contributed by atoms with E-state index in [1.807, 2.05) is 32.9 Å². The van der Waals surface area contributed by atoms with Gasteiger partial charge in [0.05, 0.1) is 0 Å². The van der Waals surface area contributed by atoms with Gasteiger partial charge in [0.25, 0.3) is 0 Å². The molecule has 0 radical (unpaired) electrons. The molecule has 0 bridgehead atoms. The molecule has 88 valence electrons. The smallest absolute Gasteiger partial charge is 0.411 e. The molecule has 0 aromatic carbocycles. The zero-order chi connectivity index (χ0) is 12.2. The highest BCUT2D eigenvalue weighted by molar-refractivity contribution is 5.69. The average molecular weight is 222 g/mol. The van der Waals surface area contributed by atoms with E-state index in [2.05, 4.69) is 5.32 Å². The van der Waals surface area contributed by atoms with E-state index in [9.17, 15) is 4.79 Å². The van der Waals surface area contributed by atoms with Gasteiger partial charge in [-0.2, -0.15) is 0 Å². The maximum Gasteiger partial charge on any atom is 0.411 e. The van der Waals surface area contributed by atoms with Gasteiger partial charge in [-0.1, -0.05) is 12.2 Å². The maximum atomic E-state index is 11.3. The Labute approximate surface area is 95.8 Å². The summed E-state index contributed by atoms with van der Waals surface area (Å²) >= 11 is 0. The summed E-state index contributed by atoms with van der Waals surface area (Å²) in [6, 6.07) is 0. The van der Waals surface area contributed by atoms with Gasteiger partial charge < -0.3 is 10.5 Å². The van der Waals surface area contributed by atoms with Gasteiger partial charge in [0.15, 0.2) is 0 Å². The van der Waals surface area contributed by atoms with Crippen LogP contribution < -0.4 is 11.1 Å². The fraction of sp³-hybridized carbons (Fsp3) is 0.417. The molecule has 0 unspecified atom stereocenters. The lowest BCUT2D eigenvalue weighted by atomic mass is 10.1. The van der Waals surface area contributed by atoms with Crippen molar-refractivity contribution in [2.24, 2.45) is 5.73 Å². The number of allylic oxidation sites excluding steroid dienone is 4. The number of nitrogens with two attached hydrogens (primary N) is 1. The molecule has 0 heterocycles. The van der Waals surface area contributed by atoms with Crippen LogP contribution in [0.15, 0.2) is 35.7 Å². The second kappa shape index (κ2) is 4.88. The van der Waals surface area contributed by atoms with Crippen LogP contribution >= 0.6 is 0 Å². The Morgan fingerprint density at radius 1 is 1.50 bits per heavy atom. The molecule has 4 heteroatoms. The minimum atomic E-state index is -0.477. The number of alkyl carbamates (subject to hydrolysis) is 1. The maximum absolute atomic E-state index is 11.3. The van der Waals surface area contributed by atoms with Crippen LogP contribution in [-0.4, -0.2) is 11.7 Å². The van der Waals surface area contributed by atoms with Gasteiger partial charge in [0.1, 0.15) is 5.60 Å². The summed E-state index contributed by atoms with van der Waals surface area (Å²) in [5.74, 6) is 0. The van der Waals surface area contributed by atoms with Gasteiger partial charge in [0.2, 0.25) is 0 Å². The molecule has 0 saturated heterocycles. The summed E-state index contributed by atoms with van der Waals surface area (Å²) in [6.45, 7) is 5.47. The zero-order valence-electron chi connectivity index (χ0n) is 9.91. The number of ether oxygens (including phenoxy) is 1. The molecular formula is C12H18N2O2. The Hall–Kier alpha value is -1.71. The Bertz CT molecular complexity index is 360. The van der Waals surface area contributed by atoms with Crippen molar-refractivity contribution in [2.75, 3.05) is 0 Å². The molecule has 0 fully saturated rings. The number of hydrogen-bond acceptors (Lipinski definition) is 3. The largest absolute Gasteiger partial charge is 0.444 e. The van der Waals surface area contributed by atoms with E-state index in [0.717, 1.165) is 17.7 Å². The van der Waals surface area contributed by atoms with Gasteiger partial charge in [-0.15, -0.1) is 0 Å². The van der Waals surface area contributed by atoms with Crippen molar-refractivity contribution >= 4 is 6.09 Å². The van der Waals surface area contributed by atoms with Crippen LogP contribution in [0.4, 0.5) is 4.79 Å². The van der Waals surface area contributed by atoms with Gasteiger partial charge in [-0.05, 0) is 38.8 Å². The van der Waals surface area contributed by atoms with Crippen molar-refractivity contribution in [1.82, 2.24) is 5.32 Å². The van der Waals surface area contributed by atoms with Crippen molar-refractivity contribution in [3.05, 3.63) is 35.7 Å². The Morgan fingerprint density at radius 2 is 2.19 bits per heavy atom. The van der Waals surface area contributed by atoms with Crippen molar-refractivity contribution < 1.29 is 9.53 Å². The van der Waals surface area contributed by atoms with Gasteiger partial charge in [-0.25, -0.2) is 4.79 Å². The summed E-state index contributed by atoms with van der Waals surface area (Å²) in [6.07, 6.45) is 7.46. The lowest BCUT2D eigenvalue weighted by Gasteiger charge is -2.19. The van der Waals surface area contributed by atoms with Gasteiger partial charge >= 0.3 is 6.09 Å². The molecule has 4 nitrogen and oxygen atoms in total.